The molecule has 0 spiro atoms. The van der Waals surface area contributed by atoms with Crippen LogP contribution in [0.15, 0.2) is 12.4 Å². The van der Waals surface area contributed by atoms with Crippen LogP contribution >= 0.6 is 11.3 Å². The van der Waals surface area contributed by atoms with Crippen molar-refractivity contribution in [3.63, 3.8) is 0 Å². The van der Waals surface area contributed by atoms with Crippen LogP contribution in [0.4, 0.5) is 0 Å². The Kier molecular flexibility index (Phi) is 4.89. The number of carbonyl (C=O) groups is 1. The summed E-state index contributed by atoms with van der Waals surface area (Å²) in [5, 5.41) is 10.7. The molecule has 1 amide bonds. The van der Waals surface area contributed by atoms with E-state index in [4.69, 9.17) is 0 Å². The van der Waals surface area contributed by atoms with Crippen molar-refractivity contribution in [2.24, 2.45) is 0 Å². The van der Waals surface area contributed by atoms with Gasteiger partial charge in [0.2, 0.25) is 5.91 Å². The topological polar surface area (TPSA) is 70.7 Å². The summed E-state index contributed by atoms with van der Waals surface area (Å²) in [5.74, 6) is 0.0750. The highest BCUT2D eigenvalue weighted by atomic mass is 32.1. The lowest BCUT2D eigenvalue weighted by molar-refractivity contribution is -0.121. The van der Waals surface area contributed by atoms with Crippen LogP contribution in [0.5, 0.6) is 0 Å². The van der Waals surface area contributed by atoms with Crippen molar-refractivity contribution in [1.29, 1.82) is 0 Å². The van der Waals surface area contributed by atoms with E-state index in [-0.39, 0.29) is 11.9 Å². The van der Waals surface area contributed by atoms with Gasteiger partial charge >= 0.3 is 0 Å². The van der Waals surface area contributed by atoms with E-state index in [1.165, 1.54) is 4.88 Å². The third-order valence-electron chi connectivity index (χ3n) is 3.15. The smallest absolute Gasteiger partial charge is 0.220 e. The molecule has 5 nitrogen and oxygen atoms in total. The van der Waals surface area contributed by atoms with Gasteiger partial charge in [-0.3, -0.25) is 9.89 Å². The number of aromatic amines is 1. The molecule has 108 valence electrons. The van der Waals surface area contributed by atoms with Gasteiger partial charge in [-0.05, 0) is 39.2 Å². The van der Waals surface area contributed by atoms with Gasteiger partial charge in [-0.2, -0.15) is 5.10 Å². The van der Waals surface area contributed by atoms with Gasteiger partial charge < -0.3 is 5.32 Å². The summed E-state index contributed by atoms with van der Waals surface area (Å²) in [5.41, 5.74) is 2.12. The minimum Gasteiger partial charge on any atom is -0.348 e. The Morgan fingerprint density at radius 3 is 2.90 bits per heavy atom. The van der Waals surface area contributed by atoms with Gasteiger partial charge in [-0.15, -0.1) is 11.3 Å². The van der Waals surface area contributed by atoms with Crippen LogP contribution in [0.3, 0.4) is 0 Å². The number of rotatable bonds is 6. The summed E-state index contributed by atoms with van der Waals surface area (Å²) in [6.45, 7) is 6.01. The monoisotopic (exact) mass is 292 g/mol. The van der Waals surface area contributed by atoms with Crippen molar-refractivity contribution < 1.29 is 4.79 Å². The van der Waals surface area contributed by atoms with Crippen LogP contribution in [0.1, 0.15) is 46.9 Å². The third kappa shape index (κ3) is 3.90. The molecule has 20 heavy (non-hydrogen) atoms. The number of hydrogen-bond acceptors (Lipinski definition) is 4. The number of carbonyl (C=O) groups excluding carboxylic acids is 1. The Balaban J connectivity index is 1.77. The van der Waals surface area contributed by atoms with E-state index in [0.717, 1.165) is 29.1 Å². The van der Waals surface area contributed by atoms with Crippen LogP contribution in [0.25, 0.3) is 0 Å². The molecule has 0 fully saturated rings. The molecule has 0 aliphatic heterocycles. The Morgan fingerprint density at radius 1 is 1.50 bits per heavy atom. The number of thiazole rings is 1. The SMILES string of the molecule is Cc1nc([C@H](C)NC(=O)CCCc2cn[nH]c2)c(C)s1. The molecule has 1 atom stereocenters. The Labute approximate surface area is 122 Å². The van der Waals surface area contributed by atoms with Crippen molar-refractivity contribution in [2.45, 2.75) is 46.1 Å². The first-order valence-electron chi connectivity index (χ1n) is 6.77. The molecule has 0 aliphatic carbocycles. The van der Waals surface area contributed by atoms with Gasteiger partial charge in [-0.1, -0.05) is 0 Å². The van der Waals surface area contributed by atoms with Gasteiger partial charge in [0, 0.05) is 17.5 Å². The molecule has 2 aromatic heterocycles. The largest absolute Gasteiger partial charge is 0.348 e. The van der Waals surface area contributed by atoms with Crippen LogP contribution in [-0.2, 0) is 11.2 Å². The number of aryl methyl sites for hydroxylation is 3. The fourth-order valence-corrected chi connectivity index (χ4v) is 3.11. The lowest BCUT2D eigenvalue weighted by Crippen LogP contribution is -2.27. The highest BCUT2D eigenvalue weighted by molar-refractivity contribution is 7.11. The minimum absolute atomic E-state index is 0.0265. The number of H-pyrrole nitrogens is 1. The van der Waals surface area contributed by atoms with Crippen LogP contribution < -0.4 is 5.32 Å². The van der Waals surface area contributed by atoms with Crippen molar-refractivity contribution in [2.75, 3.05) is 0 Å². The number of nitrogens with one attached hydrogen (secondary N) is 2. The van der Waals surface area contributed by atoms with Crippen molar-refractivity contribution in [3.05, 3.63) is 33.5 Å². The molecule has 0 aliphatic rings. The maximum absolute atomic E-state index is 11.9. The van der Waals surface area contributed by atoms with Gasteiger partial charge in [0.15, 0.2) is 0 Å². The average Bonchev–Trinajstić information content (AvgIpc) is 2.99. The molecule has 6 heteroatoms. The molecule has 0 aromatic carbocycles. The Morgan fingerprint density at radius 2 is 2.30 bits per heavy atom. The highest BCUT2D eigenvalue weighted by Gasteiger charge is 2.15. The highest BCUT2D eigenvalue weighted by Crippen LogP contribution is 2.22. The van der Waals surface area contributed by atoms with Crippen LogP contribution in [-0.4, -0.2) is 21.1 Å². The molecule has 2 heterocycles. The van der Waals surface area contributed by atoms with E-state index in [9.17, 15) is 4.79 Å². The first kappa shape index (κ1) is 14.7. The Bertz CT molecular complexity index is 562. The predicted octanol–water partition coefficient (Wildman–Crippen LogP) is 2.68. The van der Waals surface area contributed by atoms with E-state index in [1.807, 2.05) is 27.0 Å². The zero-order chi connectivity index (χ0) is 14.5. The summed E-state index contributed by atoms with van der Waals surface area (Å²) in [7, 11) is 0. The summed E-state index contributed by atoms with van der Waals surface area (Å²) in [6.07, 6.45) is 5.88. The molecule has 0 saturated carbocycles. The first-order chi connectivity index (χ1) is 9.56. The first-order valence-corrected chi connectivity index (χ1v) is 7.59. The molecule has 2 N–H and O–H groups in total. The van der Waals surface area contributed by atoms with E-state index in [1.54, 1.807) is 17.5 Å². The van der Waals surface area contributed by atoms with Gasteiger partial charge in [0.05, 0.1) is 22.9 Å². The second kappa shape index (κ2) is 6.65. The summed E-state index contributed by atoms with van der Waals surface area (Å²) >= 11 is 1.67. The van der Waals surface area contributed by atoms with Gasteiger partial charge in [0.1, 0.15) is 0 Å². The van der Waals surface area contributed by atoms with Crippen molar-refractivity contribution in [1.82, 2.24) is 20.5 Å². The number of amides is 1. The lowest BCUT2D eigenvalue weighted by atomic mass is 10.1. The van der Waals surface area contributed by atoms with Gasteiger partial charge in [-0.25, -0.2) is 4.98 Å². The minimum atomic E-state index is -0.0265. The predicted molar refractivity (Wildman–Crippen MR) is 79.7 cm³/mol. The zero-order valence-corrected chi connectivity index (χ0v) is 12.9. The number of aromatic nitrogens is 3. The number of nitrogens with zero attached hydrogens (tertiary/aromatic N) is 2. The fraction of sp³-hybridized carbons (Fsp3) is 0.500. The average molecular weight is 292 g/mol. The molecule has 2 rings (SSSR count). The lowest BCUT2D eigenvalue weighted by Gasteiger charge is -2.12. The Hall–Kier alpha value is -1.69. The van der Waals surface area contributed by atoms with Crippen LogP contribution in [0, 0.1) is 13.8 Å². The summed E-state index contributed by atoms with van der Waals surface area (Å²) in [4.78, 5) is 17.6. The van der Waals surface area contributed by atoms with Gasteiger partial charge in [0.25, 0.3) is 0 Å². The maximum Gasteiger partial charge on any atom is 0.220 e. The zero-order valence-electron chi connectivity index (χ0n) is 12.1. The summed E-state index contributed by atoms with van der Waals surface area (Å²) < 4.78 is 0. The second-order valence-corrected chi connectivity index (χ2v) is 6.33. The summed E-state index contributed by atoms with van der Waals surface area (Å²) in [6, 6.07) is -0.0265. The maximum atomic E-state index is 11.9. The normalized spacial score (nSPS) is 12.3. The molecule has 0 radical (unpaired) electrons. The molecular weight excluding hydrogens is 272 g/mol. The third-order valence-corrected chi connectivity index (χ3v) is 4.05. The van der Waals surface area contributed by atoms with Crippen molar-refractivity contribution >= 4 is 17.2 Å². The molecule has 2 aromatic rings. The standard InChI is InChI=1S/C14H20N4OS/c1-9(14-10(2)20-11(3)18-14)17-13(19)6-4-5-12-7-15-16-8-12/h7-9H,4-6H2,1-3H3,(H,15,16)(H,17,19)/t9-/m0/s1. The van der Waals surface area contributed by atoms with Crippen molar-refractivity contribution in [3.8, 4) is 0 Å². The second-order valence-electron chi connectivity index (χ2n) is 4.92. The van der Waals surface area contributed by atoms with E-state index in [2.05, 4.69) is 20.5 Å². The quantitative estimate of drug-likeness (QED) is 0.860. The van der Waals surface area contributed by atoms with E-state index >= 15 is 0 Å². The molecule has 0 saturated heterocycles. The molecule has 0 unspecified atom stereocenters. The molecular formula is C14H20N4OS. The van der Waals surface area contributed by atoms with E-state index in [0.29, 0.717) is 6.42 Å². The van der Waals surface area contributed by atoms with Crippen LogP contribution in [0.2, 0.25) is 0 Å². The van der Waals surface area contributed by atoms with E-state index < -0.39 is 0 Å². The fourth-order valence-electron chi connectivity index (χ4n) is 2.20. The number of hydrogen-bond donors (Lipinski definition) is 2. The molecule has 0 bridgehead atoms.